The fourth-order valence-electron chi connectivity index (χ4n) is 1.92. The Morgan fingerprint density at radius 1 is 1.47 bits per heavy atom. The van der Waals surface area contributed by atoms with Gasteiger partial charge in [0.25, 0.3) is 0 Å². The third-order valence-electron chi connectivity index (χ3n) is 3.11. The van der Waals surface area contributed by atoms with E-state index in [0.29, 0.717) is 10.9 Å². The van der Waals surface area contributed by atoms with Gasteiger partial charge < -0.3 is 5.32 Å². The molecule has 5 heteroatoms. The van der Waals surface area contributed by atoms with E-state index < -0.39 is 0 Å². The summed E-state index contributed by atoms with van der Waals surface area (Å²) >= 11 is 1.44. The highest BCUT2D eigenvalue weighted by Gasteiger charge is 2.21. The Balaban J connectivity index is 1.80. The van der Waals surface area contributed by atoms with E-state index in [9.17, 15) is 4.39 Å². The lowest BCUT2D eigenvalue weighted by molar-refractivity contribution is 0.589. The molecule has 0 atom stereocenters. The van der Waals surface area contributed by atoms with Crippen molar-refractivity contribution in [1.29, 1.82) is 0 Å². The van der Waals surface area contributed by atoms with Crippen LogP contribution in [-0.2, 0) is 13.6 Å². The monoisotopic (exact) mass is 277 g/mol. The van der Waals surface area contributed by atoms with Crippen LogP contribution in [0.25, 0.3) is 0 Å². The van der Waals surface area contributed by atoms with Crippen molar-refractivity contribution >= 4 is 11.8 Å². The summed E-state index contributed by atoms with van der Waals surface area (Å²) in [5.41, 5.74) is 1.01. The van der Waals surface area contributed by atoms with Crippen LogP contribution in [0, 0.1) is 5.82 Å². The van der Waals surface area contributed by atoms with Crippen molar-refractivity contribution in [3.63, 3.8) is 0 Å². The number of benzene rings is 1. The number of hydrogen-bond donors (Lipinski definition) is 1. The molecule has 0 radical (unpaired) electrons. The molecule has 0 spiro atoms. The molecule has 1 aliphatic rings. The first kappa shape index (κ1) is 12.7. The Hall–Kier alpha value is -1.33. The molecule has 0 saturated heterocycles. The first-order valence-corrected chi connectivity index (χ1v) is 7.21. The molecule has 100 valence electrons. The predicted octanol–water partition coefficient (Wildman–Crippen LogP) is 2.96. The molecule has 3 rings (SSSR count). The van der Waals surface area contributed by atoms with Gasteiger partial charge in [-0.05, 0) is 24.5 Å². The van der Waals surface area contributed by atoms with Gasteiger partial charge in [-0.25, -0.2) is 4.39 Å². The number of hydrogen-bond acceptors (Lipinski definition) is 3. The minimum absolute atomic E-state index is 0.163. The molecule has 1 aliphatic carbocycles. The van der Waals surface area contributed by atoms with E-state index in [4.69, 9.17) is 0 Å². The van der Waals surface area contributed by atoms with Gasteiger partial charge in [-0.1, -0.05) is 23.9 Å². The van der Waals surface area contributed by atoms with Crippen LogP contribution in [0.15, 0.2) is 40.4 Å². The molecule has 0 aliphatic heterocycles. The molecule has 1 N–H and O–H groups in total. The summed E-state index contributed by atoms with van der Waals surface area (Å²) in [6.45, 7) is 0.727. The summed E-state index contributed by atoms with van der Waals surface area (Å²) in [4.78, 5) is 1.66. The maximum Gasteiger partial charge on any atom is 0.137 e. The average molecular weight is 277 g/mol. The van der Waals surface area contributed by atoms with E-state index in [2.05, 4.69) is 10.4 Å². The maximum atomic E-state index is 14.0. The van der Waals surface area contributed by atoms with Gasteiger partial charge in [-0.2, -0.15) is 5.10 Å². The number of nitrogens with one attached hydrogen (secondary N) is 1. The molecule has 0 unspecified atom stereocenters. The highest BCUT2D eigenvalue weighted by Crippen LogP contribution is 2.32. The standard InChI is InChI=1S/C14H16FN3S/c1-18-9-12(8-17-18)19-14-10(3-2-4-13(14)15)7-16-11-5-6-11/h2-4,8-9,11,16H,5-7H2,1H3. The van der Waals surface area contributed by atoms with Crippen molar-refractivity contribution in [3.05, 3.63) is 42.0 Å². The Bertz CT molecular complexity index is 578. The fraction of sp³-hybridized carbons (Fsp3) is 0.357. The third-order valence-corrected chi connectivity index (χ3v) is 4.22. The molecule has 3 nitrogen and oxygen atoms in total. The Kier molecular flexibility index (Phi) is 3.57. The minimum atomic E-state index is -0.163. The predicted molar refractivity (Wildman–Crippen MR) is 73.6 cm³/mol. The van der Waals surface area contributed by atoms with E-state index in [1.165, 1.54) is 30.7 Å². The van der Waals surface area contributed by atoms with Gasteiger partial charge in [0, 0.05) is 25.8 Å². The molecular formula is C14H16FN3S. The van der Waals surface area contributed by atoms with Gasteiger partial charge in [0.15, 0.2) is 0 Å². The van der Waals surface area contributed by atoms with Crippen LogP contribution >= 0.6 is 11.8 Å². The summed E-state index contributed by atoms with van der Waals surface area (Å²) in [5.74, 6) is -0.163. The van der Waals surface area contributed by atoms with Gasteiger partial charge in [-0.15, -0.1) is 0 Å². The smallest absolute Gasteiger partial charge is 0.137 e. The van der Waals surface area contributed by atoms with Crippen molar-refractivity contribution in [1.82, 2.24) is 15.1 Å². The van der Waals surface area contributed by atoms with Crippen LogP contribution in [0.4, 0.5) is 4.39 Å². The van der Waals surface area contributed by atoms with Crippen LogP contribution in [0.2, 0.25) is 0 Å². The SMILES string of the molecule is Cn1cc(Sc2c(F)cccc2CNC2CC2)cn1. The molecule has 0 bridgehead atoms. The molecule has 1 aromatic carbocycles. The minimum Gasteiger partial charge on any atom is -0.310 e. The van der Waals surface area contributed by atoms with Gasteiger partial charge in [0.05, 0.1) is 16.0 Å². The van der Waals surface area contributed by atoms with Crippen molar-refractivity contribution in [2.45, 2.75) is 35.2 Å². The van der Waals surface area contributed by atoms with Gasteiger partial charge >= 0.3 is 0 Å². The molecule has 1 heterocycles. The topological polar surface area (TPSA) is 29.9 Å². The first-order chi connectivity index (χ1) is 9.22. The van der Waals surface area contributed by atoms with Crippen molar-refractivity contribution in [2.24, 2.45) is 7.05 Å². The van der Waals surface area contributed by atoms with Crippen molar-refractivity contribution in [3.8, 4) is 0 Å². The van der Waals surface area contributed by atoms with Crippen LogP contribution in [0.3, 0.4) is 0 Å². The summed E-state index contributed by atoms with van der Waals surface area (Å²) in [6, 6.07) is 5.89. The number of nitrogens with zero attached hydrogens (tertiary/aromatic N) is 2. The highest BCUT2D eigenvalue weighted by atomic mass is 32.2. The van der Waals surface area contributed by atoms with Crippen LogP contribution < -0.4 is 5.32 Å². The highest BCUT2D eigenvalue weighted by molar-refractivity contribution is 7.99. The lowest BCUT2D eigenvalue weighted by Crippen LogP contribution is -2.16. The second kappa shape index (κ2) is 5.35. The zero-order chi connectivity index (χ0) is 13.2. The number of aryl methyl sites for hydroxylation is 1. The Morgan fingerprint density at radius 3 is 3.00 bits per heavy atom. The first-order valence-electron chi connectivity index (χ1n) is 6.39. The molecular weight excluding hydrogens is 261 g/mol. The lowest BCUT2D eigenvalue weighted by atomic mass is 10.2. The second-order valence-corrected chi connectivity index (χ2v) is 5.92. The normalized spacial score (nSPS) is 14.8. The Labute approximate surface area is 116 Å². The molecule has 19 heavy (non-hydrogen) atoms. The quantitative estimate of drug-likeness (QED) is 0.911. The van der Waals surface area contributed by atoms with Gasteiger partial charge in [0.2, 0.25) is 0 Å². The van der Waals surface area contributed by atoms with Gasteiger partial charge in [-0.3, -0.25) is 4.68 Å². The molecule has 1 fully saturated rings. The van der Waals surface area contributed by atoms with Gasteiger partial charge in [0.1, 0.15) is 5.82 Å². The molecule has 0 amide bonds. The van der Waals surface area contributed by atoms with Crippen molar-refractivity contribution in [2.75, 3.05) is 0 Å². The van der Waals surface area contributed by atoms with E-state index in [1.807, 2.05) is 19.3 Å². The summed E-state index contributed by atoms with van der Waals surface area (Å²) in [7, 11) is 1.86. The second-order valence-electron chi connectivity index (χ2n) is 4.84. The molecule has 1 saturated carbocycles. The van der Waals surface area contributed by atoms with Crippen LogP contribution in [-0.4, -0.2) is 15.8 Å². The van der Waals surface area contributed by atoms with Crippen molar-refractivity contribution < 1.29 is 4.39 Å². The van der Waals surface area contributed by atoms with Crippen LogP contribution in [0.5, 0.6) is 0 Å². The number of aromatic nitrogens is 2. The molecule has 2 aromatic rings. The molecule has 1 aromatic heterocycles. The van der Waals surface area contributed by atoms with Crippen LogP contribution in [0.1, 0.15) is 18.4 Å². The largest absolute Gasteiger partial charge is 0.310 e. The number of rotatable bonds is 5. The average Bonchev–Trinajstić information content (AvgIpc) is 3.13. The summed E-state index contributed by atoms with van der Waals surface area (Å²) in [5, 5.41) is 7.54. The van der Waals surface area contributed by atoms with E-state index >= 15 is 0 Å². The lowest BCUT2D eigenvalue weighted by Gasteiger charge is -2.10. The zero-order valence-electron chi connectivity index (χ0n) is 10.8. The number of halogens is 1. The third kappa shape index (κ3) is 3.16. The Morgan fingerprint density at radius 2 is 2.32 bits per heavy atom. The fourth-order valence-corrected chi connectivity index (χ4v) is 2.90. The van der Waals surface area contributed by atoms with E-state index in [0.717, 1.165) is 17.0 Å². The summed E-state index contributed by atoms with van der Waals surface area (Å²) < 4.78 is 15.7. The van der Waals surface area contributed by atoms with E-state index in [1.54, 1.807) is 16.9 Å². The summed E-state index contributed by atoms with van der Waals surface area (Å²) in [6.07, 6.45) is 6.13. The zero-order valence-corrected chi connectivity index (χ0v) is 11.6. The van der Waals surface area contributed by atoms with E-state index in [-0.39, 0.29) is 5.82 Å². The maximum absolute atomic E-state index is 14.0.